The maximum Gasteiger partial charge on any atom is 0.255 e. The molecule has 1 amide bonds. The first-order valence-corrected chi connectivity index (χ1v) is 11.4. The molecule has 3 nitrogen and oxygen atoms in total. The zero-order valence-electron chi connectivity index (χ0n) is 18.6. The van der Waals surface area contributed by atoms with Gasteiger partial charge in [-0.05, 0) is 36.5 Å². The number of amides is 1. The molecule has 3 heteroatoms. The first-order valence-electron chi connectivity index (χ1n) is 11.4. The van der Waals surface area contributed by atoms with Gasteiger partial charge in [0.1, 0.15) is 0 Å². The summed E-state index contributed by atoms with van der Waals surface area (Å²) >= 11 is 0. The van der Waals surface area contributed by atoms with Gasteiger partial charge in [-0.15, -0.1) is 0 Å². The third-order valence-electron chi connectivity index (χ3n) is 5.81. The van der Waals surface area contributed by atoms with Crippen molar-refractivity contribution in [3.8, 4) is 0 Å². The Bertz CT molecular complexity index is 770. The minimum absolute atomic E-state index is 0.0303. The highest BCUT2D eigenvalue weighted by molar-refractivity contribution is 6.12. The van der Waals surface area contributed by atoms with Crippen molar-refractivity contribution < 1.29 is 9.59 Å². The smallest absolute Gasteiger partial charge is 0.255 e. The van der Waals surface area contributed by atoms with Crippen LogP contribution in [-0.4, -0.2) is 29.2 Å². The van der Waals surface area contributed by atoms with Gasteiger partial charge in [-0.2, -0.15) is 0 Å². The molecule has 0 saturated heterocycles. The highest BCUT2D eigenvalue weighted by Crippen LogP contribution is 2.29. The monoisotopic (exact) mass is 395 g/mol. The van der Waals surface area contributed by atoms with E-state index in [0.29, 0.717) is 11.1 Å². The van der Waals surface area contributed by atoms with Crippen LogP contribution in [0.25, 0.3) is 10.8 Å². The molecule has 0 aliphatic heterocycles. The van der Waals surface area contributed by atoms with Gasteiger partial charge in [0.05, 0.1) is 5.56 Å². The number of carbonyl (C=O) groups excluding carboxylic acids is 2. The van der Waals surface area contributed by atoms with Crippen LogP contribution in [0.2, 0.25) is 0 Å². The van der Waals surface area contributed by atoms with Gasteiger partial charge in [0.25, 0.3) is 5.91 Å². The van der Waals surface area contributed by atoms with Crippen LogP contribution in [0.1, 0.15) is 99.8 Å². The normalized spacial score (nSPS) is 11.4. The third-order valence-corrected chi connectivity index (χ3v) is 5.81. The Morgan fingerprint density at radius 2 is 1.34 bits per heavy atom. The summed E-state index contributed by atoms with van der Waals surface area (Å²) in [6.07, 6.45) is 9.06. The lowest BCUT2D eigenvalue weighted by atomic mass is 9.93. The second-order valence-corrected chi connectivity index (χ2v) is 8.04. The molecule has 0 unspecified atom stereocenters. The van der Waals surface area contributed by atoms with Gasteiger partial charge >= 0.3 is 0 Å². The number of carbonyl (C=O) groups is 2. The Morgan fingerprint density at radius 3 is 1.83 bits per heavy atom. The molecule has 0 spiro atoms. The fraction of sp³-hybridized carbons (Fsp3) is 0.538. The summed E-state index contributed by atoms with van der Waals surface area (Å²) in [5.41, 5.74) is 1.07. The van der Waals surface area contributed by atoms with E-state index in [-0.39, 0.29) is 18.0 Å². The molecular weight excluding hydrogens is 358 g/mol. The van der Waals surface area contributed by atoms with Gasteiger partial charge in [0, 0.05) is 17.6 Å². The summed E-state index contributed by atoms with van der Waals surface area (Å²) in [7, 11) is 0. The molecule has 0 atom stereocenters. The summed E-state index contributed by atoms with van der Waals surface area (Å²) in [5, 5.41) is 1.89. The van der Waals surface area contributed by atoms with Crippen molar-refractivity contribution in [2.24, 2.45) is 0 Å². The Hall–Kier alpha value is -2.16. The average Bonchev–Trinajstić information content (AvgIpc) is 2.73. The van der Waals surface area contributed by atoms with Crippen molar-refractivity contribution in [3.05, 3.63) is 47.5 Å². The quantitative estimate of drug-likeness (QED) is 0.362. The van der Waals surface area contributed by atoms with Crippen LogP contribution >= 0.6 is 0 Å². The summed E-state index contributed by atoms with van der Waals surface area (Å²) in [6, 6.07) is 12.1. The van der Waals surface area contributed by atoms with Crippen LogP contribution in [0.3, 0.4) is 0 Å². The summed E-state index contributed by atoms with van der Waals surface area (Å²) in [6.45, 7) is 8.76. The van der Waals surface area contributed by atoms with Crippen molar-refractivity contribution in [3.63, 3.8) is 0 Å². The van der Waals surface area contributed by atoms with E-state index >= 15 is 0 Å². The van der Waals surface area contributed by atoms with E-state index < -0.39 is 0 Å². The second kappa shape index (κ2) is 11.7. The number of aldehydes is 1. The van der Waals surface area contributed by atoms with Crippen molar-refractivity contribution in [2.45, 2.75) is 91.1 Å². The van der Waals surface area contributed by atoms with E-state index in [2.05, 4.69) is 32.6 Å². The predicted octanol–water partition coefficient (Wildman–Crippen LogP) is 7.03. The summed E-state index contributed by atoms with van der Waals surface area (Å²) < 4.78 is 0. The minimum atomic E-state index is 0.0303. The van der Waals surface area contributed by atoms with E-state index in [9.17, 15) is 9.59 Å². The Kier molecular flexibility index (Phi) is 9.37. The Balaban J connectivity index is 2.64. The fourth-order valence-corrected chi connectivity index (χ4v) is 4.56. The molecular formula is C26H37NO2. The zero-order valence-corrected chi connectivity index (χ0v) is 18.6. The number of benzene rings is 2. The number of hydrogen-bond acceptors (Lipinski definition) is 2. The van der Waals surface area contributed by atoms with Crippen LogP contribution in [-0.2, 0) is 0 Å². The van der Waals surface area contributed by atoms with Crippen LogP contribution in [0, 0.1) is 0 Å². The number of fused-ring (bicyclic) bond motifs is 1. The number of rotatable bonds is 12. The first-order chi connectivity index (χ1) is 14.1. The molecule has 0 aliphatic rings. The third kappa shape index (κ3) is 5.46. The summed E-state index contributed by atoms with van der Waals surface area (Å²) in [4.78, 5) is 28.1. The van der Waals surface area contributed by atoms with E-state index in [0.717, 1.165) is 68.4 Å². The number of nitrogens with zero attached hydrogens (tertiary/aromatic N) is 1. The molecule has 158 valence electrons. The van der Waals surface area contributed by atoms with Crippen molar-refractivity contribution in [1.82, 2.24) is 4.90 Å². The van der Waals surface area contributed by atoms with Crippen LogP contribution < -0.4 is 0 Å². The molecule has 0 radical (unpaired) electrons. The van der Waals surface area contributed by atoms with Crippen LogP contribution in [0.5, 0.6) is 0 Å². The zero-order chi connectivity index (χ0) is 21.2. The highest BCUT2D eigenvalue weighted by atomic mass is 16.2. The second-order valence-electron chi connectivity index (χ2n) is 8.04. The van der Waals surface area contributed by atoms with Gasteiger partial charge < -0.3 is 4.90 Å². The van der Waals surface area contributed by atoms with Gasteiger partial charge in [0.2, 0.25) is 0 Å². The summed E-state index contributed by atoms with van der Waals surface area (Å²) in [5.74, 6) is 0.0303. The van der Waals surface area contributed by atoms with Crippen molar-refractivity contribution in [2.75, 3.05) is 0 Å². The highest BCUT2D eigenvalue weighted by Gasteiger charge is 2.31. The molecule has 2 aromatic carbocycles. The molecule has 0 heterocycles. The maximum absolute atomic E-state index is 14.1. The molecule has 0 fully saturated rings. The molecule has 0 aliphatic carbocycles. The van der Waals surface area contributed by atoms with Crippen LogP contribution in [0.4, 0.5) is 0 Å². The first kappa shape index (κ1) is 23.1. The van der Waals surface area contributed by atoms with Crippen molar-refractivity contribution in [1.29, 1.82) is 0 Å². The molecule has 0 N–H and O–H groups in total. The lowest BCUT2D eigenvalue weighted by molar-refractivity contribution is 0.0510. The molecule has 0 aromatic heterocycles. The molecule has 29 heavy (non-hydrogen) atoms. The average molecular weight is 396 g/mol. The SMILES string of the molecule is CCCC(CCC)N(C(=O)c1c(C=O)ccc2ccccc12)C(CCC)CCC. The largest absolute Gasteiger partial charge is 0.333 e. The van der Waals surface area contributed by atoms with E-state index in [1.54, 1.807) is 6.07 Å². The lowest BCUT2D eigenvalue weighted by Crippen LogP contribution is -2.47. The van der Waals surface area contributed by atoms with E-state index in [4.69, 9.17) is 0 Å². The standard InChI is InChI=1S/C26H37NO2/c1-5-11-22(12-6-2)27(23(13-7-3)14-8-4)26(29)25-21(19-28)18-17-20-15-9-10-16-24(20)25/h9-10,15-19,22-23H,5-8,11-14H2,1-4H3. The van der Waals surface area contributed by atoms with Gasteiger partial charge in [0.15, 0.2) is 6.29 Å². The molecule has 0 bridgehead atoms. The topological polar surface area (TPSA) is 37.4 Å². The fourth-order valence-electron chi connectivity index (χ4n) is 4.56. The minimum Gasteiger partial charge on any atom is -0.333 e. The predicted molar refractivity (Wildman–Crippen MR) is 123 cm³/mol. The Morgan fingerprint density at radius 1 is 0.828 bits per heavy atom. The van der Waals surface area contributed by atoms with Crippen LogP contribution in [0.15, 0.2) is 36.4 Å². The van der Waals surface area contributed by atoms with E-state index in [1.165, 1.54) is 0 Å². The van der Waals surface area contributed by atoms with Crippen molar-refractivity contribution >= 4 is 23.0 Å². The van der Waals surface area contributed by atoms with E-state index in [1.807, 2.05) is 30.3 Å². The Labute approximate surface area is 176 Å². The number of hydrogen-bond donors (Lipinski definition) is 0. The molecule has 0 saturated carbocycles. The van der Waals surface area contributed by atoms with Gasteiger partial charge in [-0.3, -0.25) is 9.59 Å². The van der Waals surface area contributed by atoms with Gasteiger partial charge in [-0.25, -0.2) is 0 Å². The van der Waals surface area contributed by atoms with Gasteiger partial charge in [-0.1, -0.05) is 89.8 Å². The maximum atomic E-state index is 14.1. The molecule has 2 aromatic rings. The lowest BCUT2D eigenvalue weighted by Gasteiger charge is -2.39. The molecule has 2 rings (SSSR count).